The molecule has 0 aromatic heterocycles. The summed E-state index contributed by atoms with van der Waals surface area (Å²) in [7, 11) is -2.04. The molecule has 0 atom stereocenters. The molecule has 0 radical (unpaired) electrons. The molecule has 19 heavy (non-hydrogen) atoms. The molecule has 0 saturated carbocycles. The molecule has 0 fully saturated rings. The predicted octanol–water partition coefficient (Wildman–Crippen LogP) is 1.22. The number of carbonyl (C=O) groups excluding carboxylic acids is 1. The van der Waals surface area contributed by atoms with Crippen LogP contribution in [-0.2, 0) is 14.6 Å². The molecule has 1 aromatic carbocycles. The monoisotopic (exact) mass is 284 g/mol. The molecule has 0 aliphatic rings. The average Bonchev–Trinajstić information content (AvgIpc) is 2.26. The number of carbonyl (C=O) groups is 1. The van der Waals surface area contributed by atoms with Crippen LogP contribution < -0.4 is 5.73 Å². The number of benzene rings is 1. The second kappa shape index (κ2) is 5.61. The number of sulfone groups is 1. The Balaban J connectivity index is 3.02. The smallest absolute Gasteiger partial charge is 0.238 e. The van der Waals surface area contributed by atoms with Gasteiger partial charge in [0.25, 0.3) is 0 Å². The fraction of sp³-hybridized carbons (Fsp3) is 0.462. The van der Waals surface area contributed by atoms with Crippen LogP contribution in [0.15, 0.2) is 23.1 Å². The van der Waals surface area contributed by atoms with Crippen LogP contribution in [0.2, 0.25) is 0 Å². The van der Waals surface area contributed by atoms with Gasteiger partial charge in [-0.05, 0) is 44.5 Å². The van der Waals surface area contributed by atoms with E-state index in [0.29, 0.717) is 11.3 Å². The molecule has 6 heteroatoms. The van der Waals surface area contributed by atoms with Crippen molar-refractivity contribution in [3.8, 4) is 0 Å². The van der Waals surface area contributed by atoms with E-state index in [1.807, 2.05) is 13.8 Å². The Bertz CT molecular complexity index is 580. The van der Waals surface area contributed by atoms with Gasteiger partial charge < -0.3 is 10.6 Å². The van der Waals surface area contributed by atoms with Crippen LogP contribution >= 0.6 is 0 Å². The van der Waals surface area contributed by atoms with Crippen LogP contribution in [0.25, 0.3) is 0 Å². The maximum absolute atomic E-state index is 12.2. The summed E-state index contributed by atoms with van der Waals surface area (Å²) >= 11 is 0. The molecule has 0 unspecified atom stereocenters. The largest absolute Gasteiger partial charge is 0.399 e. The third-order valence-corrected chi connectivity index (χ3v) is 4.77. The van der Waals surface area contributed by atoms with Gasteiger partial charge in [0.05, 0.1) is 4.90 Å². The Kier molecular flexibility index (Phi) is 4.57. The van der Waals surface area contributed by atoms with Gasteiger partial charge in [-0.25, -0.2) is 8.42 Å². The van der Waals surface area contributed by atoms with Gasteiger partial charge in [-0.3, -0.25) is 4.79 Å². The van der Waals surface area contributed by atoms with Gasteiger partial charge in [0.15, 0.2) is 9.84 Å². The summed E-state index contributed by atoms with van der Waals surface area (Å²) in [5.41, 5.74) is 6.65. The van der Waals surface area contributed by atoms with Gasteiger partial charge in [0.2, 0.25) is 5.91 Å². The van der Waals surface area contributed by atoms with Crippen molar-refractivity contribution in [1.82, 2.24) is 4.90 Å². The van der Waals surface area contributed by atoms with Crippen molar-refractivity contribution in [3.63, 3.8) is 0 Å². The first-order valence-electron chi connectivity index (χ1n) is 5.99. The highest BCUT2D eigenvalue weighted by atomic mass is 32.2. The fourth-order valence-electron chi connectivity index (χ4n) is 1.65. The number of nitrogens with zero attached hydrogens (tertiary/aromatic N) is 1. The molecule has 0 aliphatic carbocycles. The Labute approximate surface area is 114 Å². The second-order valence-corrected chi connectivity index (χ2v) is 6.84. The zero-order chi connectivity index (χ0) is 14.8. The number of amides is 1. The van der Waals surface area contributed by atoms with Crippen molar-refractivity contribution in [2.24, 2.45) is 0 Å². The molecule has 1 aromatic rings. The zero-order valence-electron chi connectivity index (χ0n) is 11.7. The molecule has 0 heterocycles. The van der Waals surface area contributed by atoms with Crippen molar-refractivity contribution < 1.29 is 13.2 Å². The van der Waals surface area contributed by atoms with E-state index in [2.05, 4.69) is 0 Å². The Morgan fingerprint density at radius 1 is 1.37 bits per heavy atom. The van der Waals surface area contributed by atoms with Gasteiger partial charge in [-0.1, -0.05) is 0 Å². The molecular weight excluding hydrogens is 264 g/mol. The van der Waals surface area contributed by atoms with Crippen molar-refractivity contribution in [2.75, 3.05) is 18.5 Å². The SMILES string of the molecule is Cc1cc(N)ccc1S(=O)(=O)CC(=O)N(C)C(C)C. The highest BCUT2D eigenvalue weighted by Crippen LogP contribution is 2.19. The zero-order valence-corrected chi connectivity index (χ0v) is 12.5. The number of rotatable bonds is 4. The number of hydrogen-bond donors (Lipinski definition) is 1. The maximum Gasteiger partial charge on any atom is 0.238 e. The van der Waals surface area contributed by atoms with E-state index in [4.69, 9.17) is 5.73 Å². The maximum atomic E-state index is 12.2. The molecular formula is C13H20N2O3S. The third-order valence-electron chi connectivity index (χ3n) is 3.02. The van der Waals surface area contributed by atoms with Crippen LogP contribution in [-0.4, -0.2) is 38.1 Å². The van der Waals surface area contributed by atoms with Gasteiger partial charge in [-0.15, -0.1) is 0 Å². The number of nitrogens with two attached hydrogens (primary N) is 1. The van der Waals surface area contributed by atoms with Crippen molar-refractivity contribution >= 4 is 21.4 Å². The topological polar surface area (TPSA) is 80.5 Å². The summed E-state index contributed by atoms with van der Waals surface area (Å²) in [4.78, 5) is 13.5. The lowest BCUT2D eigenvalue weighted by atomic mass is 10.2. The van der Waals surface area contributed by atoms with Gasteiger partial charge >= 0.3 is 0 Å². The van der Waals surface area contributed by atoms with E-state index < -0.39 is 21.5 Å². The molecule has 1 rings (SSSR count). The van der Waals surface area contributed by atoms with Crippen molar-refractivity contribution in [2.45, 2.75) is 31.7 Å². The van der Waals surface area contributed by atoms with E-state index >= 15 is 0 Å². The predicted molar refractivity (Wildman–Crippen MR) is 75.6 cm³/mol. The van der Waals surface area contributed by atoms with Crippen molar-refractivity contribution in [1.29, 1.82) is 0 Å². The number of nitrogen functional groups attached to an aromatic ring is 1. The van der Waals surface area contributed by atoms with E-state index in [-0.39, 0.29) is 10.9 Å². The van der Waals surface area contributed by atoms with Crippen LogP contribution in [0, 0.1) is 6.92 Å². The molecule has 0 bridgehead atoms. The van der Waals surface area contributed by atoms with Crippen LogP contribution in [0.4, 0.5) is 5.69 Å². The van der Waals surface area contributed by atoms with E-state index in [1.165, 1.54) is 17.0 Å². The molecule has 106 valence electrons. The molecule has 2 N–H and O–H groups in total. The first kappa shape index (κ1) is 15.5. The summed E-state index contributed by atoms with van der Waals surface area (Å²) in [5, 5.41) is 0. The Morgan fingerprint density at radius 2 is 1.95 bits per heavy atom. The molecule has 0 saturated heterocycles. The minimum atomic E-state index is -3.63. The Morgan fingerprint density at radius 3 is 2.42 bits per heavy atom. The summed E-state index contributed by atoms with van der Waals surface area (Å²) in [6.45, 7) is 5.33. The molecule has 1 amide bonds. The van der Waals surface area contributed by atoms with Crippen molar-refractivity contribution in [3.05, 3.63) is 23.8 Å². The highest BCUT2D eigenvalue weighted by Gasteiger charge is 2.24. The summed E-state index contributed by atoms with van der Waals surface area (Å²) in [6.07, 6.45) is 0. The quantitative estimate of drug-likeness (QED) is 0.843. The lowest BCUT2D eigenvalue weighted by Crippen LogP contribution is -2.37. The lowest BCUT2D eigenvalue weighted by molar-refractivity contribution is -0.128. The standard InChI is InChI=1S/C13H20N2O3S/c1-9(2)15(4)13(16)8-19(17,18)12-6-5-11(14)7-10(12)3/h5-7,9H,8,14H2,1-4H3. The normalized spacial score (nSPS) is 11.6. The summed E-state index contributed by atoms with van der Waals surface area (Å²) in [5.74, 6) is -0.932. The second-order valence-electron chi connectivity index (χ2n) is 4.88. The number of aryl methyl sites for hydroxylation is 1. The fourth-order valence-corrected chi connectivity index (χ4v) is 3.16. The van der Waals surface area contributed by atoms with Gasteiger partial charge in [0, 0.05) is 18.8 Å². The lowest BCUT2D eigenvalue weighted by Gasteiger charge is -2.21. The van der Waals surface area contributed by atoms with Crippen LogP contribution in [0.5, 0.6) is 0 Å². The summed E-state index contributed by atoms with van der Waals surface area (Å²) < 4.78 is 24.4. The number of anilines is 1. The van der Waals surface area contributed by atoms with Crippen LogP contribution in [0.1, 0.15) is 19.4 Å². The van der Waals surface area contributed by atoms with E-state index in [0.717, 1.165) is 0 Å². The van der Waals surface area contributed by atoms with Crippen LogP contribution in [0.3, 0.4) is 0 Å². The average molecular weight is 284 g/mol. The first-order valence-corrected chi connectivity index (χ1v) is 7.65. The third kappa shape index (κ3) is 3.70. The molecule has 5 nitrogen and oxygen atoms in total. The van der Waals surface area contributed by atoms with E-state index in [9.17, 15) is 13.2 Å². The van der Waals surface area contributed by atoms with Gasteiger partial charge in [0.1, 0.15) is 5.75 Å². The molecule has 0 spiro atoms. The Hall–Kier alpha value is -1.56. The summed E-state index contributed by atoms with van der Waals surface area (Å²) in [6, 6.07) is 4.53. The van der Waals surface area contributed by atoms with E-state index in [1.54, 1.807) is 20.0 Å². The highest BCUT2D eigenvalue weighted by molar-refractivity contribution is 7.92. The number of hydrogen-bond acceptors (Lipinski definition) is 4. The van der Waals surface area contributed by atoms with Gasteiger partial charge in [-0.2, -0.15) is 0 Å². The molecule has 0 aliphatic heterocycles. The minimum Gasteiger partial charge on any atom is -0.399 e. The first-order chi connectivity index (χ1) is 8.65. The minimum absolute atomic E-state index is 0.0322.